The number of nitrogens with zero attached hydrogens (tertiary/aromatic N) is 1. The molecule has 156 valence electrons. The second-order valence-electron chi connectivity index (χ2n) is 7.46. The van der Waals surface area contributed by atoms with E-state index in [-0.39, 0.29) is 10.8 Å². The van der Waals surface area contributed by atoms with Crippen LogP contribution in [0, 0.1) is 6.92 Å². The number of carbonyl (C=O) groups is 1. The van der Waals surface area contributed by atoms with E-state index in [0.29, 0.717) is 17.8 Å². The number of anilines is 1. The smallest absolute Gasteiger partial charge is 0.261 e. The van der Waals surface area contributed by atoms with E-state index in [1.54, 1.807) is 36.4 Å². The highest BCUT2D eigenvalue weighted by atomic mass is 32.2. The van der Waals surface area contributed by atoms with Crippen LogP contribution in [0.3, 0.4) is 0 Å². The molecule has 1 amide bonds. The summed E-state index contributed by atoms with van der Waals surface area (Å²) in [6.07, 6.45) is 4.75. The van der Waals surface area contributed by atoms with Gasteiger partial charge in [-0.15, -0.1) is 0 Å². The average Bonchev–Trinajstić information content (AvgIpc) is 2.74. The van der Waals surface area contributed by atoms with Gasteiger partial charge in [0.05, 0.1) is 10.6 Å². The molecule has 0 aromatic heterocycles. The summed E-state index contributed by atoms with van der Waals surface area (Å²) in [5.74, 6) is -0.191. The van der Waals surface area contributed by atoms with Crippen LogP contribution in [0.4, 0.5) is 5.69 Å². The lowest BCUT2D eigenvalue weighted by Crippen LogP contribution is -2.33. The molecule has 1 aliphatic rings. The minimum atomic E-state index is -3.70. The van der Waals surface area contributed by atoms with Crippen LogP contribution in [0.25, 0.3) is 0 Å². The highest BCUT2D eigenvalue weighted by molar-refractivity contribution is 7.92. The van der Waals surface area contributed by atoms with Gasteiger partial charge < -0.3 is 10.2 Å². The Morgan fingerprint density at radius 3 is 2.48 bits per heavy atom. The van der Waals surface area contributed by atoms with Gasteiger partial charge >= 0.3 is 0 Å². The Kier molecular flexibility index (Phi) is 7.28. The zero-order valence-electron chi connectivity index (χ0n) is 16.9. The molecular formula is C22H29N3O3S. The quantitative estimate of drug-likeness (QED) is 0.648. The molecule has 2 N–H and O–H groups in total. The molecule has 2 aromatic carbocycles. The molecule has 29 heavy (non-hydrogen) atoms. The zero-order chi connectivity index (χ0) is 20.7. The van der Waals surface area contributed by atoms with Crippen LogP contribution in [0.1, 0.15) is 41.6 Å². The fraction of sp³-hybridized carbons (Fsp3) is 0.409. The lowest BCUT2D eigenvalue weighted by molar-refractivity contribution is 0.0951. The van der Waals surface area contributed by atoms with Crippen LogP contribution < -0.4 is 10.0 Å². The first-order chi connectivity index (χ1) is 14.0. The number of rotatable bonds is 8. The normalized spacial score (nSPS) is 15.1. The first-order valence-electron chi connectivity index (χ1n) is 10.1. The number of amides is 1. The van der Waals surface area contributed by atoms with E-state index in [1.807, 2.05) is 6.92 Å². The minimum absolute atomic E-state index is 0.187. The van der Waals surface area contributed by atoms with Gasteiger partial charge in [-0.2, -0.15) is 0 Å². The Bertz CT molecular complexity index is 924. The van der Waals surface area contributed by atoms with Gasteiger partial charge in [0, 0.05) is 12.1 Å². The van der Waals surface area contributed by atoms with Crippen molar-refractivity contribution in [2.75, 3.05) is 30.9 Å². The first-order valence-corrected chi connectivity index (χ1v) is 11.6. The summed E-state index contributed by atoms with van der Waals surface area (Å²) >= 11 is 0. The molecule has 0 saturated carbocycles. The lowest BCUT2D eigenvalue weighted by atomic mass is 10.1. The summed E-state index contributed by atoms with van der Waals surface area (Å²) in [6, 6.07) is 13.3. The highest BCUT2D eigenvalue weighted by Crippen LogP contribution is 2.21. The fourth-order valence-electron chi connectivity index (χ4n) is 3.47. The van der Waals surface area contributed by atoms with Gasteiger partial charge in [-0.3, -0.25) is 9.52 Å². The Morgan fingerprint density at radius 2 is 1.76 bits per heavy atom. The van der Waals surface area contributed by atoms with Gasteiger partial charge in [0.1, 0.15) is 0 Å². The molecule has 0 bridgehead atoms. The molecule has 3 rings (SSSR count). The van der Waals surface area contributed by atoms with Crippen LogP contribution in [0.2, 0.25) is 0 Å². The summed E-state index contributed by atoms with van der Waals surface area (Å²) in [5, 5.41) is 2.94. The van der Waals surface area contributed by atoms with Crippen molar-refractivity contribution in [3.8, 4) is 0 Å². The van der Waals surface area contributed by atoms with E-state index in [1.165, 1.54) is 31.4 Å². The maximum atomic E-state index is 12.6. The van der Waals surface area contributed by atoms with Crippen molar-refractivity contribution in [1.82, 2.24) is 10.2 Å². The number of sulfonamides is 1. The molecule has 1 aliphatic heterocycles. The number of nitrogens with one attached hydrogen (secondary N) is 2. The molecule has 0 radical (unpaired) electrons. The van der Waals surface area contributed by atoms with Crippen molar-refractivity contribution in [2.24, 2.45) is 0 Å². The van der Waals surface area contributed by atoms with Gasteiger partial charge in [-0.1, -0.05) is 30.7 Å². The molecular weight excluding hydrogens is 386 g/mol. The van der Waals surface area contributed by atoms with Gasteiger partial charge in [0.2, 0.25) is 0 Å². The third kappa shape index (κ3) is 6.05. The second-order valence-corrected chi connectivity index (χ2v) is 9.14. The topological polar surface area (TPSA) is 78.5 Å². The zero-order valence-corrected chi connectivity index (χ0v) is 17.7. The van der Waals surface area contributed by atoms with E-state index < -0.39 is 10.0 Å². The third-order valence-electron chi connectivity index (χ3n) is 5.18. The number of hydrogen-bond acceptors (Lipinski definition) is 4. The molecule has 6 nitrogen and oxygen atoms in total. The number of likely N-dealkylation sites (tertiary alicyclic amines) is 1. The molecule has 2 aromatic rings. The van der Waals surface area contributed by atoms with E-state index in [2.05, 4.69) is 14.9 Å². The number of piperidine rings is 1. The van der Waals surface area contributed by atoms with Crippen molar-refractivity contribution >= 4 is 21.6 Å². The maximum Gasteiger partial charge on any atom is 0.261 e. The maximum absolute atomic E-state index is 12.6. The third-order valence-corrected chi connectivity index (χ3v) is 6.56. The molecule has 0 unspecified atom stereocenters. The predicted molar refractivity (Wildman–Crippen MR) is 116 cm³/mol. The van der Waals surface area contributed by atoms with Crippen molar-refractivity contribution < 1.29 is 13.2 Å². The summed E-state index contributed by atoms with van der Waals surface area (Å²) < 4.78 is 27.8. The van der Waals surface area contributed by atoms with Crippen molar-refractivity contribution in [3.05, 3.63) is 59.7 Å². The standard InChI is InChI=1S/C22H29N3O3S/c1-18-11-12-19(22(26)23-13-8-16-25-14-6-3-7-15-25)17-21(18)24-29(27,28)20-9-4-2-5-10-20/h2,4-5,9-12,17,24H,3,6-8,13-16H2,1H3,(H,23,26). The van der Waals surface area contributed by atoms with Crippen LogP contribution >= 0.6 is 0 Å². The number of aryl methyl sites for hydroxylation is 1. The first kappa shape index (κ1) is 21.3. The van der Waals surface area contributed by atoms with Gasteiger partial charge in [-0.05, 0) is 75.6 Å². The predicted octanol–water partition coefficient (Wildman–Crippen LogP) is 3.40. The van der Waals surface area contributed by atoms with Crippen LogP contribution in [0.15, 0.2) is 53.4 Å². The average molecular weight is 416 g/mol. The Labute approximate surface area is 173 Å². The van der Waals surface area contributed by atoms with Gasteiger partial charge in [-0.25, -0.2) is 8.42 Å². The number of hydrogen-bond donors (Lipinski definition) is 2. The second kappa shape index (κ2) is 9.89. The minimum Gasteiger partial charge on any atom is -0.352 e. The molecule has 0 atom stereocenters. The number of benzene rings is 2. The van der Waals surface area contributed by atoms with Gasteiger partial charge in [0.15, 0.2) is 0 Å². The lowest BCUT2D eigenvalue weighted by Gasteiger charge is -2.26. The monoisotopic (exact) mass is 415 g/mol. The molecule has 0 spiro atoms. The molecule has 1 fully saturated rings. The van der Waals surface area contributed by atoms with E-state index in [4.69, 9.17) is 0 Å². The van der Waals surface area contributed by atoms with Crippen LogP contribution in [-0.4, -0.2) is 45.4 Å². The summed E-state index contributed by atoms with van der Waals surface area (Å²) in [7, 11) is -3.70. The molecule has 7 heteroatoms. The Hall–Kier alpha value is -2.38. The van der Waals surface area contributed by atoms with Crippen molar-refractivity contribution in [2.45, 2.75) is 37.5 Å². The highest BCUT2D eigenvalue weighted by Gasteiger charge is 2.16. The van der Waals surface area contributed by atoms with Crippen LogP contribution in [-0.2, 0) is 10.0 Å². The van der Waals surface area contributed by atoms with Crippen LogP contribution in [0.5, 0.6) is 0 Å². The van der Waals surface area contributed by atoms with E-state index >= 15 is 0 Å². The number of carbonyl (C=O) groups excluding carboxylic acids is 1. The van der Waals surface area contributed by atoms with E-state index in [9.17, 15) is 13.2 Å². The SMILES string of the molecule is Cc1ccc(C(=O)NCCCN2CCCCC2)cc1NS(=O)(=O)c1ccccc1. The van der Waals surface area contributed by atoms with E-state index in [0.717, 1.165) is 31.6 Å². The Balaban J connectivity index is 1.58. The molecule has 0 aliphatic carbocycles. The van der Waals surface area contributed by atoms with Gasteiger partial charge in [0.25, 0.3) is 15.9 Å². The fourth-order valence-corrected chi connectivity index (χ4v) is 4.61. The van der Waals surface area contributed by atoms with Crippen molar-refractivity contribution in [3.63, 3.8) is 0 Å². The molecule has 1 heterocycles. The Morgan fingerprint density at radius 1 is 1.03 bits per heavy atom. The largest absolute Gasteiger partial charge is 0.352 e. The molecule has 1 saturated heterocycles. The summed E-state index contributed by atoms with van der Waals surface area (Å²) in [4.78, 5) is 15.1. The summed E-state index contributed by atoms with van der Waals surface area (Å²) in [6.45, 7) is 5.71. The summed E-state index contributed by atoms with van der Waals surface area (Å²) in [5.41, 5.74) is 1.61. The van der Waals surface area contributed by atoms with Crippen molar-refractivity contribution in [1.29, 1.82) is 0 Å².